The molecule has 0 saturated carbocycles. The van der Waals surface area contributed by atoms with Gasteiger partial charge in [0.2, 0.25) is 23.6 Å². The number of unbranched alkanes of at least 4 members (excludes halogenated alkanes) is 46. The van der Waals surface area contributed by atoms with Gasteiger partial charge in [0.1, 0.15) is 12.4 Å². The van der Waals surface area contributed by atoms with E-state index in [1.165, 1.54) is 295 Å². The van der Waals surface area contributed by atoms with E-state index < -0.39 is 0 Å². The molecule has 10 heteroatoms. The maximum absolute atomic E-state index is 6.73. The topological polar surface area (TPSA) is 103 Å². The molecule has 10 nitrogen and oxygen atoms in total. The Kier molecular flexibility index (Phi) is 54.6. The second-order valence-corrected chi connectivity index (χ2v) is 30.9. The summed E-state index contributed by atoms with van der Waals surface area (Å²) in [5, 5.41) is 7.21. The Bertz CT molecular complexity index is 2830. The van der Waals surface area contributed by atoms with Gasteiger partial charge in [-0.3, -0.25) is 0 Å². The molecule has 0 amide bonds. The van der Waals surface area contributed by atoms with E-state index in [4.69, 9.17) is 33.9 Å². The van der Waals surface area contributed by atoms with Crippen molar-refractivity contribution >= 4 is 47.8 Å². The molecule has 0 atom stereocenters. The third-order valence-electron chi connectivity index (χ3n) is 20.9. The minimum absolute atomic E-state index is 0.402. The molecule has 0 spiro atoms. The maximum Gasteiger partial charge on any atom is 0.233 e. The number of hydrogen-bond donors (Lipinski definition) is 2. The van der Waals surface area contributed by atoms with Gasteiger partial charge in [0.05, 0.1) is 19.8 Å². The van der Waals surface area contributed by atoms with Crippen LogP contribution in [0.15, 0.2) is 84.9 Å². The third kappa shape index (κ3) is 45.1. The summed E-state index contributed by atoms with van der Waals surface area (Å²) in [5.41, 5.74) is 6.51. The Hall–Kier alpha value is -6.03. The monoisotopic (exact) mass is 1460 g/mol. The van der Waals surface area contributed by atoms with Gasteiger partial charge >= 0.3 is 0 Å². The summed E-state index contributed by atoms with van der Waals surface area (Å²) in [5.74, 6) is 5.19. The summed E-state index contributed by atoms with van der Waals surface area (Å²) in [4.78, 5) is 17.6. The molecular formula is C96H156N6O4. The molecule has 4 aromatic carbocycles. The summed E-state index contributed by atoms with van der Waals surface area (Å²) in [6.45, 7) is 19.0. The van der Waals surface area contributed by atoms with Crippen LogP contribution in [0.1, 0.15) is 403 Å². The van der Waals surface area contributed by atoms with Crippen molar-refractivity contribution in [2.45, 2.75) is 382 Å². The lowest BCUT2D eigenvalue weighted by molar-refractivity contribution is 0.232. The standard InChI is InChI=1S/C96H156N6O4/c1-7-13-19-25-31-35-39-43-47-53-75-97-94-99-95(101-96(100-94)102(76-54-48-29-23-17-11-5)77-55-49-30-24-18-12-6)98-89-71-67-86(68-72-89)65-63-84-59-61-85(62-60-84)64-66-87-69-73-90(74-70-87)106-83-88-81-91(103-78-56-50-44-40-36-32-26-20-14-8-2)93(105-80-58-52-46-42-38-34-28-22-16-10-4)92(82-88)104-79-57-51-45-41-37-33-27-21-15-9-3/h59-74,81-82H,7-58,75-80,83H2,1-6H3,(H2,97,98,99,100,101)/b65-63+,66-64+. The lowest BCUT2D eigenvalue weighted by atomic mass is 10.1. The molecule has 0 unspecified atom stereocenters. The Labute approximate surface area is 650 Å². The number of ether oxygens (including phenoxy) is 4. The fraction of sp³-hybridized carbons (Fsp3) is 0.677. The molecule has 5 rings (SSSR count). The highest BCUT2D eigenvalue weighted by Crippen LogP contribution is 2.40. The quantitative estimate of drug-likeness (QED) is 0.0289. The molecule has 0 aliphatic rings. The number of aromatic nitrogens is 3. The van der Waals surface area contributed by atoms with Crippen LogP contribution < -0.4 is 34.5 Å². The van der Waals surface area contributed by atoms with Crippen LogP contribution in [-0.2, 0) is 6.61 Å². The minimum Gasteiger partial charge on any atom is -0.490 e. The van der Waals surface area contributed by atoms with Crippen molar-refractivity contribution in [3.63, 3.8) is 0 Å². The summed E-state index contributed by atoms with van der Waals surface area (Å²) in [6.07, 6.45) is 75.9. The number of nitrogens with one attached hydrogen (secondary N) is 2. The van der Waals surface area contributed by atoms with Crippen LogP contribution >= 0.6 is 0 Å². The van der Waals surface area contributed by atoms with Crippen LogP contribution in [0.25, 0.3) is 24.3 Å². The Balaban J connectivity index is 1.20. The van der Waals surface area contributed by atoms with E-state index in [1.54, 1.807) is 0 Å². The highest BCUT2D eigenvalue weighted by molar-refractivity contribution is 5.74. The lowest BCUT2D eigenvalue weighted by Gasteiger charge is -2.24. The van der Waals surface area contributed by atoms with Crippen molar-refractivity contribution in [2.75, 3.05) is 55.0 Å². The van der Waals surface area contributed by atoms with Crippen LogP contribution in [0.2, 0.25) is 0 Å². The van der Waals surface area contributed by atoms with Gasteiger partial charge in [0.25, 0.3) is 0 Å². The van der Waals surface area contributed by atoms with Crippen molar-refractivity contribution in [1.29, 1.82) is 0 Å². The highest BCUT2D eigenvalue weighted by Gasteiger charge is 2.19. The largest absolute Gasteiger partial charge is 0.490 e. The third-order valence-corrected chi connectivity index (χ3v) is 20.9. The Morgan fingerprint density at radius 1 is 0.302 bits per heavy atom. The molecule has 0 aliphatic heterocycles. The number of nitrogens with zero attached hydrogens (tertiary/aromatic N) is 4. The van der Waals surface area contributed by atoms with Gasteiger partial charge in [-0.05, 0) is 103 Å². The fourth-order valence-electron chi connectivity index (χ4n) is 14.1. The second kappa shape index (κ2) is 63.9. The molecule has 594 valence electrons. The van der Waals surface area contributed by atoms with Crippen LogP contribution in [0.5, 0.6) is 23.0 Å². The molecule has 5 aromatic rings. The molecule has 0 bridgehead atoms. The first-order valence-corrected chi connectivity index (χ1v) is 44.8. The summed E-state index contributed by atoms with van der Waals surface area (Å²) in [7, 11) is 0. The number of rotatable bonds is 72. The predicted molar refractivity (Wildman–Crippen MR) is 462 cm³/mol. The van der Waals surface area contributed by atoms with Gasteiger partial charge in [0, 0.05) is 25.3 Å². The fourth-order valence-corrected chi connectivity index (χ4v) is 14.1. The first-order valence-electron chi connectivity index (χ1n) is 44.8. The molecule has 1 aromatic heterocycles. The van der Waals surface area contributed by atoms with Crippen LogP contribution in [0.3, 0.4) is 0 Å². The minimum atomic E-state index is 0.402. The van der Waals surface area contributed by atoms with Gasteiger partial charge < -0.3 is 34.5 Å². The van der Waals surface area contributed by atoms with Crippen molar-refractivity contribution in [1.82, 2.24) is 15.0 Å². The van der Waals surface area contributed by atoms with Crippen molar-refractivity contribution < 1.29 is 18.9 Å². The van der Waals surface area contributed by atoms with E-state index >= 15 is 0 Å². The zero-order valence-corrected chi connectivity index (χ0v) is 69.0. The average Bonchev–Trinajstić information content (AvgIpc) is 0.832. The average molecular weight is 1460 g/mol. The van der Waals surface area contributed by atoms with Gasteiger partial charge in [-0.15, -0.1) is 0 Å². The highest BCUT2D eigenvalue weighted by atomic mass is 16.5. The zero-order valence-electron chi connectivity index (χ0n) is 69.0. The zero-order chi connectivity index (χ0) is 74.9. The van der Waals surface area contributed by atoms with Gasteiger partial charge in [-0.1, -0.05) is 410 Å². The second-order valence-electron chi connectivity index (χ2n) is 30.9. The van der Waals surface area contributed by atoms with Crippen molar-refractivity contribution in [3.05, 3.63) is 113 Å². The van der Waals surface area contributed by atoms with Crippen LogP contribution in [0.4, 0.5) is 23.5 Å². The maximum atomic E-state index is 6.73. The molecule has 0 fully saturated rings. The Morgan fingerprint density at radius 2 is 0.604 bits per heavy atom. The van der Waals surface area contributed by atoms with E-state index in [9.17, 15) is 0 Å². The first-order chi connectivity index (χ1) is 52.4. The van der Waals surface area contributed by atoms with Crippen molar-refractivity contribution in [2.24, 2.45) is 0 Å². The van der Waals surface area contributed by atoms with E-state index in [-0.39, 0.29) is 0 Å². The molecule has 0 saturated heterocycles. The van der Waals surface area contributed by atoms with Crippen molar-refractivity contribution in [3.8, 4) is 23.0 Å². The predicted octanol–water partition coefficient (Wildman–Crippen LogP) is 30.3. The van der Waals surface area contributed by atoms with Gasteiger partial charge in [-0.2, -0.15) is 15.0 Å². The number of hydrogen-bond acceptors (Lipinski definition) is 10. The number of benzene rings is 4. The Morgan fingerprint density at radius 3 is 0.972 bits per heavy atom. The number of anilines is 4. The van der Waals surface area contributed by atoms with Gasteiger partial charge in [-0.25, -0.2) is 0 Å². The normalized spacial score (nSPS) is 11.6. The van der Waals surface area contributed by atoms with E-state index in [0.717, 1.165) is 121 Å². The molecular weight excluding hydrogens is 1300 g/mol. The molecule has 1 heterocycles. The van der Waals surface area contributed by atoms with Crippen LogP contribution in [0, 0.1) is 0 Å². The SMILES string of the molecule is CCCCCCCCCCCCNc1nc(Nc2ccc(/C=C/c3ccc(/C=C/c4ccc(OCc5cc(OCCCCCCCCCCCC)c(OCCCCCCCCCCCC)c(OCCCCCCCCCCCC)c5)cc4)cc3)cc2)nc(N(CCCCCCCC)CCCCCCCC)n1. The molecule has 106 heavy (non-hydrogen) atoms. The molecule has 0 aliphatic carbocycles. The summed E-state index contributed by atoms with van der Waals surface area (Å²) < 4.78 is 26.7. The van der Waals surface area contributed by atoms with E-state index in [1.807, 2.05) is 0 Å². The lowest BCUT2D eigenvalue weighted by Crippen LogP contribution is -2.28. The summed E-state index contributed by atoms with van der Waals surface area (Å²) in [6, 6.07) is 30.0. The molecule has 2 N–H and O–H groups in total. The first kappa shape index (κ1) is 90.6. The van der Waals surface area contributed by atoms with E-state index in [0.29, 0.717) is 38.3 Å². The molecule has 0 radical (unpaired) electrons. The van der Waals surface area contributed by atoms with Gasteiger partial charge in [0.15, 0.2) is 11.5 Å². The van der Waals surface area contributed by atoms with Crippen LogP contribution in [-0.4, -0.2) is 54.4 Å². The van der Waals surface area contributed by atoms with E-state index in [2.05, 4.69) is 166 Å². The smallest absolute Gasteiger partial charge is 0.233 e. The summed E-state index contributed by atoms with van der Waals surface area (Å²) >= 11 is 0.